The Hall–Kier alpha value is -1.99. The van der Waals surface area contributed by atoms with E-state index in [1.165, 1.54) is 0 Å². The van der Waals surface area contributed by atoms with Crippen molar-refractivity contribution in [2.24, 2.45) is 0 Å². The van der Waals surface area contributed by atoms with E-state index in [0.29, 0.717) is 13.2 Å². The normalized spacial score (nSPS) is 20.2. The summed E-state index contributed by atoms with van der Waals surface area (Å²) in [5.41, 5.74) is 3.03. The second-order valence-corrected chi connectivity index (χ2v) is 7.74. The fraction of sp³-hybridized carbons (Fsp3) is 0.522. The minimum atomic E-state index is -0.377. The third kappa shape index (κ3) is 6.00. The number of piperidine rings is 1. The summed E-state index contributed by atoms with van der Waals surface area (Å²) in [5.74, 6) is 0.743. The lowest BCUT2D eigenvalue weighted by Crippen LogP contribution is -2.53. The van der Waals surface area contributed by atoms with Gasteiger partial charge in [0.25, 0.3) is 0 Å². The van der Waals surface area contributed by atoms with Crippen LogP contribution < -0.4 is 4.74 Å². The number of likely N-dealkylation sites (N-methyl/N-ethyl adjacent to an activating group) is 1. The van der Waals surface area contributed by atoms with Crippen LogP contribution in [0.2, 0.25) is 0 Å². The number of benzene rings is 1. The number of hydrogen-bond acceptors (Lipinski definition) is 6. The average Bonchev–Trinajstić information content (AvgIpc) is 2.74. The molecule has 2 N–H and O–H groups in total. The van der Waals surface area contributed by atoms with Crippen LogP contribution in [0.3, 0.4) is 0 Å². The number of hydrogen-bond donors (Lipinski definition) is 2. The van der Waals surface area contributed by atoms with Gasteiger partial charge in [0.15, 0.2) is 0 Å². The van der Waals surface area contributed by atoms with Gasteiger partial charge in [-0.3, -0.25) is 9.88 Å². The maximum absolute atomic E-state index is 10.7. The number of ether oxygens (including phenoxy) is 1. The van der Waals surface area contributed by atoms with Gasteiger partial charge in [0, 0.05) is 56.1 Å². The van der Waals surface area contributed by atoms with Gasteiger partial charge in [0.2, 0.25) is 0 Å². The molecule has 1 aromatic carbocycles. The summed E-state index contributed by atoms with van der Waals surface area (Å²) in [6.45, 7) is 5.73. The van der Waals surface area contributed by atoms with Crippen LogP contribution in [0.4, 0.5) is 0 Å². The number of aliphatic hydroxyl groups excluding tert-OH is 2. The van der Waals surface area contributed by atoms with E-state index in [2.05, 4.69) is 21.8 Å². The molecule has 0 radical (unpaired) electrons. The molecule has 1 aromatic heterocycles. The SMILES string of the molecule is CCOc1ccc(CN2CC[C@@H](N(C)CCc3ccccn3)[C@H](O)C2)cc1CO. The molecule has 1 aliphatic heterocycles. The summed E-state index contributed by atoms with van der Waals surface area (Å²) in [6, 6.07) is 12.1. The van der Waals surface area contributed by atoms with Gasteiger partial charge < -0.3 is 19.8 Å². The van der Waals surface area contributed by atoms with E-state index in [9.17, 15) is 10.2 Å². The largest absolute Gasteiger partial charge is 0.494 e. The fourth-order valence-electron chi connectivity index (χ4n) is 4.05. The van der Waals surface area contributed by atoms with E-state index >= 15 is 0 Å². The number of pyridine rings is 1. The Balaban J connectivity index is 1.51. The highest BCUT2D eigenvalue weighted by molar-refractivity contribution is 5.37. The van der Waals surface area contributed by atoms with Crippen LogP contribution in [0.5, 0.6) is 5.75 Å². The smallest absolute Gasteiger partial charge is 0.124 e. The minimum absolute atomic E-state index is 0.0328. The lowest BCUT2D eigenvalue weighted by atomic mass is 9.99. The van der Waals surface area contributed by atoms with Gasteiger partial charge in [-0.25, -0.2) is 0 Å². The van der Waals surface area contributed by atoms with Gasteiger partial charge in [-0.05, 0) is 50.2 Å². The third-order valence-electron chi connectivity index (χ3n) is 5.64. The number of nitrogens with zero attached hydrogens (tertiary/aromatic N) is 3. The van der Waals surface area contributed by atoms with Crippen molar-refractivity contribution in [2.75, 3.05) is 33.3 Å². The molecule has 3 rings (SSSR count). The Labute approximate surface area is 173 Å². The van der Waals surface area contributed by atoms with Crippen LogP contribution in [0.15, 0.2) is 42.6 Å². The molecule has 0 bridgehead atoms. The lowest BCUT2D eigenvalue weighted by molar-refractivity contribution is -0.00621. The molecule has 2 heterocycles. The molecule has 29 heavy (non-hydrogen) atoms. The first-order chi connectivity index (χ1) is 14.1. The molecule has 6 nitrogen and oxygen atoms in total. The lowest BCUT2D eigenvalue weighted by Gasteiger charge is -2.40. The summed E-state index contributed by atoms with van der Waals surface area (Å²) < 4.78 is 5.56. The number of rotatable bonds is 9. The zero-order valence-electron chi connectivity index (χ0n) is 17.5. The van der Waals surface area contributed by atoms with Crippen LogP contribution in [0.25, 0.3) is 0 Å². The van der Waals surface area contributed by atoms with Gasteiger partial charge >= 0.3 is 0 Å². The van der Waals surface area contributed by atoms with E-state index in [-0.39, 0.29) is 18.8 Å². The third-order valence-corrected chi connectivity index (χ3v) is 5.64. The number of aromatic nitrogens is 1. The molecule has 1 saturated heterocycles. The predicted molar refractivity (Wildman–Crippen MR) is 114 cm³/mol. The second kappa shape index (κ2) is 10.7. The van der Waals surface area contributed by atoms with Crippen LogP contribution in [0.1, 0.15) is 30.2 Å². The van der Waals surface area contributed by atoms with Crippen molar-refractivity contribution < 1.29 is 14.9 Å². The highest BCUT2D eigenvalue weighted by Crippen LogP contribution is 2.23. The summed E-state index contributed by atoms with van der Waals surface area (Å²) in [4.78, 5) is 8.93. The number of β-amino-alcohol motifs (C(OH)–C–C–N with tert-alkyl or cyclic N) is 1. The first-order valence-electron chi connectivity index (χ1n) is 10.5. The van der Waals surface area contributed by atoms with Gasteiger partial charge in [0.1, 0.15) is 5.75 Å². The van der Waals surface area contributed by atoms with E-state index < -0.39 is 0 Å². The highest BCUT2D eigenvalue weighted by Gasteiger charge is 2.30. The summed E-state index contributed by atoms with van der Waals surface area (Å²) >= 11 is 0. The molecule has 2 aromatic rings. The van der Waals surface area contributed by atoms with E-state index in [1.54, 1.807) is 0 Å². The summed E-state index contributed by atoms with van der Waals surface area (Å²) in [7, 11) is 2.09. The molecule has 1 fully saturated rings. The van der Waals surface area contributed by atoms with Crippen LogP contribution in [0, 0.1) is 0 Å². The molecule has 158 valence electrons. The first kappa shape index (κ1) is 21.7. The molecular formula is C23H33N3O3. The maximum Gasteiger partial charge on any atom is 0.124 e. The molecule has 0 saturated carbocycles. The molecule has 0 aliphatic carbocycles. The monoisotopic (exact) mass is 399 g/mol. The zero-order chi connectivity index (χ0) is 20.6. The standard InChI is InChI=1S/C23H33N3O3/c1-3-29-23-8-7-18(14-19(23)17-27)15-26-13-10-21(22(28)16-26)25(2)12-9-20-6-4-5-11-24-20/h4-8,11,14,21-22,27-28H,3,9-10,12-13,15-17H2,1-2H3/t21-,22-/m1/s1. The maximum atomic E-state index is 10.7. The molecule has 0 amide bonds. The van der Waals surface area contributed by atoms with Crippen molar-refractivity contribution in [1.29, 1.82) is 0 Å². The van der Waals surface area contributed by atoms with Gasteiger partial charge in [0.05, 0.1) is 19.3 Å². The van der Waals surface area contributed by atoms with Crippen molar-refractivity contribution in [1.82, 2.24) is 14.8 Å². The van der Waals surface area contributed by atoms with E-state index in [1.807, 2.05) is 49.5 Å². The van der Waals surface area contributed by atoms with E-state index in [4.69, 9.17) is 4.74 Å². The minimum Gasteiger partial charge on any atom is -0.494 e. The Morgan fingerprint density at radius 2 is 2.14 bits per heavy atom. The van der Waals surface area contributed by atoms with Crippen molar-refractivity contribution in [2.45, 2.75) is 45.1 Å². The van der Waals surface area contributed by atoms with Crippen LogP contribution in [-0.2, 0) is 19.6 Å². The quantitative estimate of drug-likeness (QED) is 0.673. The molecule has 0 spiro atoms. The fourth-order valence-corrected chi connectivity index (χ4v) is 4.05. The number of likely N-dealkylation sites (tertiary alicyclic amines) is 1. The van der Waals surface area contributed by atoms with Crippen LogP contribution >= 0.6 is 0 Å². The summed E-state index contributed by atoms with van der Waals surface area (Å²) in [6.07, 6.45) is 3.27. The van der Waals surface area contributed by atoms with Gasteiger partial charge in [-0.1, -0.05) is 12.1 Å². The molecule has 1 aliphatic rings. The number of aliphatic hydroxyl groups is 2. The Kier molecular flexibility index (Phi) is 8.00. The molecule has 2 atom stereocenters. The van der Waals surface area contributed by atoms with Crippen LogP contribution in [-0.4, -0.2) is 70.4 Å². The Bertz CT molecular complexity index is 756. The predicted octanol–water partition coefficient (Wildman–Crippen LogP) is 2.08. The molecule has 6 heteroatoms. The Morgan fingerprint density at radius 3 is 2.83 bits per heavy atom. The average molecular weight is 400 g/mol. The topological polar surface area (TPSA) is 69.1 Å². The molecular weight excluding hydrogens is 366 g/mol. The second-order valence-electron chi connectivity index (χ2n) is 7.74. The molecule has 0 unspecified atom stereocenters. The summed E-state index contributed by atoms with van der Waals surface area (Å²) in [5, 5.41) is 20.3. The zero-order valence-corrected chi connectivity index (χ0v) is 17.5. The van der Waals surface area contributed by atoms with Gasteiger partial charge in [-0.15, -0.1) is 0 Å². The highest BCUT2D eigenvalue weighted by atomic mass is 16.5. The Morgan fingerprint density at radius 1 is 1.28 bits per heavy atom. The van der Waals surface area contributed by atoms with Crippen molar-refractivity contribution >= 4 is 0 Å². The first-order valence-corrected chi connectivity index (χ1v) is 10.5. The van der Waals surface area contributed by atoms with E-state index in [0.717, 1.165) is 55.0 Å². The van der Waals surface area contributed by atoms with Crippen molar-refractivity contribution in [3.05, 3.63) is 59.4 Å². The van der Waals surface area contributed by atoms with Crippen molar-refractivity contribution in [3.63, 3.8) is 0 Å². The van der Waals surface area contributed by atoms with Crippen molar-refractivity contribution in [3.8, 4) is 5.75 Å². The van der Waals surface area contributed by atoms with Gasteiger partial charge in [-0.2, -0.15) is 0 Å².